The van der Waals surface area contributed by atoms with Gasteiger partial charge in [0.05, 0.1) is 51.5 Å². The standard InChI is InChI=1S/C21H24N2O6/c1-26-18-7-5-14(13-19(18)27-2)20(24)22-16-12-15(21(25)28-3)4-6-17(16)23-8-10-29-11-9-23/h4-7,12-13H,8-11H2,1-3H3,(H,22,24). The van der Waals surface area contributed by atoms with Gasteiger partial charge in [-0.3, -0.25) is 4.79 Å². The number of morpholine rings is 1. The van der Waals surface area contributed by atoms with Crippen LogP contribution in [0.3, 0.4) is 0 Å². The van der Waals surface area contributed by atoms with E-state index in [1.54, 1.807) is 30.3 Å². The molecule has 29 heavy (non-hydrogen) atoms. The molecule has 1 aliphatic rings. The van der Waals surface area contributed by atoms with E-state index in [1.807, 2.05) is 6.07 Å². The molecule has 0 unspecified atom stereocenters. The first-order valence-electron chi connectivity index (χ1n) is 9.15. The van der Waals surface area contributed by atoms with Crippen LogP contribution in [-0.2, 0) is 9.47 Å². The van der Waals surface area contributed by atoms with Gasteiger partial charge in [0.25, 0.3) is 5.91 Å². The van der Waals surface area contributed by atoms with Crippen molar-refractivity contribution in [2.45, 2.75) is 0 Å². The van der Waals surface area contributed by atoms with E-state index < -0.39 is 5.97 Å². The number of nitrogens with one attached hydrogen (secondary N) is 1. The van der Waals surface area contributed by atoms with Gasteiger partial charge in [-0.25, -0.2) is 4.79 Å². The van der Waals surface area contributed by atoms with Gasteiger partial charge in [-0.05, 0) is 36.4 Å². The predicted octanol–water partition coefficient (Wildman–Crippen LogP) is 2.58. The van der Waals surface area contributed by atoms with Crippen LogP contribution in [0.5, 0.6) is 11.5 Å². The lowest BCUT2D eigenvalue weighted by molar-refractivity contribution is 0.0600. The van der Waals surface area contributed by atoms with E-state index in [1.165, 1.54) is 21.3 Å². The SMILES string of the molecule is COC(=O)c1ccc(N2CCOCC2)c(NC(=O)c2ccc(OC)c(OC)c2)c1. The number of hydrogen-bond donors (Lipinski definition) is 1. The van der Waals surface area contributed by atoms with E-state index in [2.05, 4.69) is 10.2 Å². The molecular formula is C21H24N2O6. The van der Waals surface area contributed by atoms with Crippen LogP contribution in [0.1, 0.15) is 20.7 Å². The van der Waals surface area contributed by atoms with Crippen molar-refractivity contribution in [3.8, 4) is 11.5 Å². The monoisotopic (exact) mass is 400 g/mol. The number of carbonyl (C=O) groups is 2. The molecule has 3 rings (SSSR count). The number of esters is 1. The molecule has 1 saturated heterocycles. The summed E-state index contributed by atoms with van der Waals surface area (Å²) in [6.45, 7) is 2.58. The first kappa shape index (κ1) is 20.5. The Morgan fingerprint density at radius 3 is 2.28 bits per heavy atom. The minimum Gasteiger partial charge on any atom is -0.493 e. The van der Waals surface area contributed by atoms with Crippen molar-refractivity contribution in [3.05, 3.63) is 47.5 Å². The van der Waals surface area contributed by atoms with Gasteiger partial charge in [-0.15, -0.1) is 0 Å². The third kappa shape index (κ3) is 4.60. The lowest BCUT2D eigenvalue weighted by Crippen LogP contribution is -2.36. The topological polar surface area (TPSA) is 86.3 Å². The van der Waals surface area contributed by atoms with Crippen LogP contribution in [0.25, 0.3) is 0 Å². The summed E-state index contributed by atoms with van der Waals surface area (Å²) in [5.74, 6) is 0.185. The molecule has 1 heterocycles. The second-order valence-corrected chi connectivity index (χ2v) is 6.35. The van der Waals surface area contributed by atoms with Crippen LogP contribution >= 0.6 is 0 Å². The second kappa shape index (κ2) is 9.29. The number of hydrogen-bond acceptors (Lipinski definition) is 7. The van der Waals surface area contributed by atoms with Gasteiger partial charge in [0.1, 0.15) is 0 Å². The Morgan fingerprint density at radius 2 is 1.62 bits per heavy atom. The Labute approximate surface area is 169 Å². The van der Waals surface area contributed by atoms with Gasteiger partial charge < -0.3 is 29.2 Å². The fourth-order valence-corrected chi connectivity index (χ4v) is 3.13. The average Bonchev–Trinajstić information content (AvgIpc) is 2.78. The fraction of sp³-hybridized carbons (Fsp3) is 0.333. The maximum Gasteiger partial charge on any atom is 0.337 e. The van der Waals surface area contributed by atoms with Crippen molar-refractivity contribution < 1.29 is 28.5 Å². The number of methoxy groups -OCH3 is 3. The summed E-state index contributed by atoms with van der Waals surface area (Å²) in [4.78, 5) is 27.0. The first-order chi connectivity index (χ1) is 14.1. The van der Waals surface area contributed by atoms with Gasteiger partial charge in [-0.1, -0.05) is 0 Å². The smallest absolute Gasteiger partial charge is 0.337 e. The molecular weight excluding hydrogens is 376 g/mol. The fourth-order valence-electron chi connectivity index (χ4n) is 3.13. The average molecular weight is 400 g/mol. The zero-order valence-electron chi connectivity index (χ0n) is 16.7. The Hall–Kier alpha value is -3.26. The second-order valence-electron chi connectivity index (χ2n) is 6.35. The van der Waals surface area contributed by atoms with Crippen LogP contribution in [0.15, 0.2) is 36.4 Å². The van der Waals surface area contributed by atoms with Gasteiger partial charge in [0, 0.05) is 18.7 Å². The first-order valence-corrected chi connectivity index (χ1v) is 9.15. The van der Waals surface area contributed by atoms with E-state index in [9.17, 15) is 9.59 Å². The summed E-state index contributed by atoms with van der Waals surface area (Å²) in [5, 5.41) is 2.91. The number of ether oxygens (including phenoxy) is 4. The molecule has 1 aliphatic heterocycles. The minimum absolute atomic E-state index is 0.331. The minimum atomic E-state index is -0.472. The van der Waals surface area contributed by atoms with Gasteiger partial charge in [-0.2, -0.15) is 0 Å². The molecule has 1 amide bonds. The molecule has 0 atom stereocenters. The molecule has 1 N–H and O–H groups in total. The van der Waals surface area contributed by atoms with Gasteiger partial charge >= 0.3 is 5.97 Å². The van der Waals surface area contributed by atoms with Gasteiger partial charge in [0.2, 0.25) is 0 Å². The van der Waals surface area contributed by atoms with Crippen molar-refractivity contribution in [3.63, 3.8) is 0 Å². The van der Waals surface area contributed by atoms with Crippen LogP contribution in [0.4, 0.5) is 11.4 Å². The summed E-state index contributed by atoms with van der Waals surface area (Å²) in [6.07, 6.45) is 0. The summed E-state index contributed by atoms with van der Waals surface area (Å²) >= 11 is 0. The summed E-state index contributed by atoms with van der Waals surface area (Å²) < 4.78 is 20.7. The molecule has 2 aromatic rings. The number of nitrogens with zero attached hydrogens (tertiary/aromatic N) is 1. The normalized spacial score (nSPS) is 13.6. The van der Waals surface area contributed by atoms with Crippen LogP contribution in [0.2, 0.25) is 0 Å². The Kier molecular flexibility index (Phi) is 6.56. The number of rotatable bonds is 6. The molecule has 0 aromatic heterocycles. The highest BCUT2D eigenvalue weighted by molar-refractivity contribution is 6.07. The maximum absolute atomic E-state index is 12.9. The van der Waals surface area contributed by atoms with Crippen molar-refractivity contribution >= 4 is 23.3 Å². The quantitative estimate of drug-likeness (QED) is 0.746. The highest BCUT2D eigenvalue weighted by Crippen LogP contribution is 2.31. The Morgan fingerprint density at radius 1 is 0.931 bits per heavy atom. The number of benzene rings is 2. The number of anilines is 2. The molecule has 0 aliphatic carbocycles. The summed E-state index contributed by atoms with van der Waals surface area (Å²) in [7, 11) is 4.36. The van der Waals surface area contributed by atoms with Gasteiger partial charge in [0.15, 0.2) is 11.5 Å². The third-order valence-corrected chi connectivity index (χ3v) is 4.66. The highest BCUT2D eigenvalue weighted by atomic mass is 16.5. The maximum atomic E-state index is 12.9. The number of amides is 1. The molecule has 8 heteroatoms. The van der Waals surface area contributed by atoms with E-state index >= 15 is 0 Å². The Balaban J connectivity index is 1.92. The zero-order valence-corrected chi connectivity index (χ0v) is 16.7. The number of carbonyl (C=O) groups excluding carboxylic acids is 2. The molecule has 0 spiro atoms. The van der Waals surface area contributed by atoms with Crippen molar-refractivity contribution in [1.82, 2.24) is 0 Å². The van der Waals surface area contributed by atoms with E-state index in [0.717, 1.165) is 5.69 Å². The highest BCUT2D eigenvalue weighted by Gasteiger charge is 2.19. The summed E-state index contributed by atoms with van der Waals surface area (Å²) in [5.41, 5.74) is 2.09. The van der Waals surface area contributed by atoms with E-state index in [0.29, 0.717) is 54.6 Å². The molecule has 0 saturated carbocycles. The Bertz CT molecular complexity index is 893. The zero-order chi connectivity index (χ0) is 20.8. The summed E-state index contributed by atoms with van der Waals surface area (Å²) in [6, 6.07) is 10.0. The predicted molar refractivity (Wildman–Crippen MR) is 108 cm³/mol. The lowest BCUT2D eigenvalue weighted by Gasteiger charge is -2.30. The van der Waals surface area contributed by atoms with Crippen molar-refractivity contribution in [2.24, 2.45) is 0 Å². The molecule has 154 valence electrons. The van der Waals surface area contributed by atoms with E-state index in [4.69, 9.17) is 18.9 Å². The van der Waals surface area contributed by atoms with Crippen LogP contribution in [-0.4, -0.2) is 59.5 Å². The largest absolute Gasteiger partial charge is 0.493 e. The molecule has 1 fully saturated rings. The van der Waals surface area contributed by atoms with Crippen molar-refractivity contribution in [1.29, 1.82) is 0 Å². The third-order valence-electron chi connectivity index (χ3n) is 4.66. The molecule has 0 bridgehead atoms. The molecule has 2 aromatic carbocycles. The molecule has 0 radical (unpaired) electrons. The van der Waals surface area contributed by atoms with Crippen molar-refractivity contribution in [2.75, 3.05) is 57.8 Å². The van der Waals surface area contributed by atoms with E-state index in [-0.39, 0.29) is 5.91 Å². The lowest BCUT2D eigenvalue weighted by atomic mass is 10.1. The molecule has 8 nitrogen and oxygen atoms in total. The van der Waals surface area contributed by atoms with Crippen LogP contribution < -0.4 is 19.7 Å². The van der Waals surface area contributed by atoms with Crippen LogP contribution in [0, 0.1) is 0 Å².